The van der Waals surface area contributed by atoms with Gasteiger partial charge in [-0.1, -0.05) is 0 Å². The smallest absolute Gasteiger partial charge is 0.277 e. The Kier molecular flexibility index (Phi) is 3.79. The highest BCUT2D eigenvalue weighted by Crippen LogP contribution is 2.24. The second kappa shape index (κ2) is 5.71. The van der Waals surface area contributed by atoms with Gasteiger partial charge in [-0.25, -0.2) is 9.97 Å². The van der Waals surface area contributed by atoms with Gasteiger partial charge in [0, 0.05) is 24.7 Å². The molecule has 1 aliphatic rings. The molecule has 0 bridgehead atoms. The fourth-order valence-electron chi connectivity index (χ4n) is 2.13. The van der Waals surface area contributed by atoms with Crippen molar-refractivity contribution < 1.29 is 4.74 Å². The highest BCUT2D eigenvalue weighted by Gasteiger charge is 2.15. The van der Waals surface area contributed by atoms with E-state index in [9.17, 15) is 4.79 Å². The van der Waals surface area contributed by atoms with Crippen molar-refractivity contribution in [2.75, 3.05) is 13.2 Å². The first kappa shape index (κ1) is 12.6. The minimum atomic E-state index is -0.159. The van der Waals surface area contributed by atoms with Crippen LogP contribution in [0.2, 0.25) is 0 Å². The third-order valence-electron chi connectivity index (χ3n) is 3.14. The van der Waals surface area contributed by atoms with Gasteiger partial charge in [0.1, 0.15) is 5.82 Å². The molecule has 3 heterocycles. The van der Waals surface area contributed by atoms with Gasteiger partial charge in [0.25, 0.3) is 5.56 Å². The quantitative estimate of drug-likeness (QED) is 0.925. The lowest BCUT2D eigenvalue weighted by Gasteiger charge is -2.21. The monoisotopic (exact) mass is 277 g/mol. The summed E-state index contributed by atoms with van der Waals surface area (Å²) in [4.78, 5) is 23.2. The molecule has 0 spiro atoms. The zero-order valence-electron chi connectivity index (χ0n) is 10.5. The number of ether oxygens (including phenoxy) is 1. The lowest BCUT2D eigenvalue weighted by atomic mass is 10.2. The molecule has 1 aliphatic heterocycles. The molecule has 1 saturated heterocycles. The molecule has 0 atom stereocenters. The van der Waals surface area contributed by atoms with E-state index in [1.165, 1.54) is 0 Å². The average molecular weight is 277 g/mol. The molecule has 2 aromatic heterocycles. The summed E-state index contributed by atoms with van der Waals surface area (Å²) < 4.78 is 5.33. The number of nitrogens with one attached hydrogen (secondary N) is 1. The van der Waals surface area contributed by atoms with Gasteiger partial charge >= 0.3 is 0 Å². The average Bonchev–Trinajstić information content (AvgIpc) is 2.46. The molecule has 2 aromatic rings. The van der Waals surface area contributed by atoms with Gasteiger partial charge < -0.3 is 9.72 Å². The molecular weight excluding hydrogens is 262 g/mol. The number of pyridine rings is 1. The van der Waals surface area contributed by atoms with Crippen molar-refractivity contribution in [3.63, 3.8) is 0 Å². The Morgan fingerprint density at radius 3 is 3.11 bits per heavy atom. The zero-order chi connectivity index (χ0) is 13.1. The maximum Gasteiger partial charge on any atom is 0.277 e. The van der Waals surface area contributed by atoms with Crippen LogP contribution in [0, 0.1) is 0 Å². The second-order valence-corrected chi connectivity index (χ2v) is 5.80. The topological polar surface area (TPSA) is 67.9 Å². The van der Waals surface area contributed by atoms with Gasteiger partial charge in [0.05, 0.1) is 11.3 Å². The van der Waals surface area contributed by atoms with Crippen LogP contribution in [0.4, 0.5) is 0 Å². The van der Waals surface area contributed by atoms with Crippen molar-refractivity contribution in [2.45, 2.75) is 23.8 Å². The largest absolute Gasteiger partial charge is 0.381 e. The summed E-state index contributed by atoms with van der Waals surface area (Å²) in [7, 11) is 0. The van der Waals surface area contributed by atoms with Crippen molar-refractivity contribution in [1.82, 2.24) is 15.0 Å². The van der Waals surface area contributed by atoms with Crippen LogP contribution in [0.5, 0.6) is 0 Å². The summed E-state index contributed by atoms with van der Waals surface area (Å²) in [5.74, 6) is 1.45. The highest BCUT2D eigenvalue weighted by molar-refractivity contribution is 7.99. The van der Waals surface area contributed by atoms with E-state index >= 15 is 0 Å². The normalized spacial score (nSPS) is 16.8. The molecule has 1 N–H and O–H groups in total. The van der Waals surface area contributed by atoms with Crippen LogP contribution >= 0.6 is 11.8 Å². The number of fused-ring (bicyclic) bond motifs is 1. The Morgan fingerprint density at radius 1 is 1.42 bits per heavy atom. The number of thioether (sulfide) groups is 1. The van der Waals surface area contributed by atoms with Crippen molar-refractivity contribution in [3.05, 3.63) is 34.5 Å². The van der Waals surface area contributed by atoms with E-state index in [0.29, 0.717) is 16.3 Å². The van der Waals surface area contributed by atoms with E-state index < -0.39 is 0 Å². The third kappa shape index (κ3) is 2.96. The molecule has 100 valence electrons. The molecule has 0 unspecified atom stereocenters. The van der Waals surface area contributed by atoms with Gasteiger partial charge in [-0.3, -0.25) is 4.79 Å². The second-order valence-electron chi connectivity index (χ2n) is 4.51. The van der Waals surface area contributed by atoms with E-state index in [1.807, 2.05) is 17.8 Å². The Hall–Kier alpha value is -1.40. The van der Waals surface area contributed by atoms with Crippen LogP contribution in [0.3, 0.4) is 0 Å². The molecule has 0 radical (unpaired) electrons. The first-order valence-corrected chi connectivity index (χ1v) is 7.41. The Bertz CT molecular complexity index is 623. The fourth-order valence-corrected chi connectivity index (χ4v) is 3.19. The molecule has 1 fully saturated rings. The summed E-state index contributed by atoms with van der Waals surface area (Å²) >= 11 is 1.83. The van der Waals surface area contributed by atoms with Crippen molar-refractivity contribution >= 4 is 22.8 Å². The maximum atomic E-state index is 11.9. The van der Waals surface area contributed by atoms with E-state index in [1.54, 1.807) is 12.3 Å². The van der Waals surface area contributed by atoms with Crippen molar-refractivity contribution in [2.24, 2.45) is 0 Å². The first-order valence-electron chi connectivity index (χ1n) is 6.36. The van der Waals surface area contributed by atoms with Crippen molar-refractivity contribution in [1.29, 1.82) is 0 Å². The lowest BCUT2D eigenvalue weighted by molar-refractivity contribution is 0.1000. The van der Waals surface area contributed by atoms with E-state index in [2.05, 4.69) is 15.0 Å². The van der Waals surface area contributed by atoms with Gasteiger partial charge in [-0.2, -0.15) is 11.8 Å². The van der Waals surface area contributed by atoms with Crippen LogP contribution in [0.25, 0.3) is 11.0 Å². The van der Waals surface area contributed by atoms with Gasteiger partial charge in [0.2, 0.25) is 0 Å². The zero-order valence-corrected chi connectivity index (χ0v) is 11.3. The summed E-state index contributed by atoms with van der Waals surface area (Å²) in [5, 5.41) is 0.601. The molecule has 3 rings (SSSR count). The van der Waals surface area contributed by atoms with Crippen LogP contribution in [0.1, 0.15) is 18.7 Å². The Balaban J connectivity index is 1.75. The molecule has 0 aromatic carbocycles. The molecular formula is C13H15N3O2S. The maximum absolute atomic E-state index is 11.9. The standard InChI is InChI=1S/C13H15N3O2S/c17-13-12-10(2-1-5-14-12)15-11(16-13)8-19-9-3-6-18-7-4-9/h1-2,5,9H,3-4,6-8H2,(H,15,16,17). The minimum Gasteiger partial charge on any atom is -0.381 e. The molecule has 5 nitrogen and oxygen atoms in total. The van der Waals surface area contributed by atoms with E-state index in [-0.39, 0.29) is 5.56 Å². The molecule has 0 saturated carbocycles. The lowest BCUT2D eigenvalue weighted by Crippen LogP contribution is -2.18. The van der Waals surface area contributed by atoms with Gasteiger partial charge in [-0.05, 0) is 25.0 Å². The molecule has 0 aliphatic carbocycles. The summed E-state index contributed by atoms with van der Waals surface area (Å²) in [6.07, 6.45) is 3.75. The van der Waals surface area contributed by atoms with Gasteiger partial charge in [-0.15, -0.1) is 0 Å². The Morgan fingerprint density at radius 2 is 2.26 bits per heavy atom. The molecule has 19 heavy (non-hydrogen) atoms. The number of aromatic nitrogens is 3. The van der Waals surface area contributed by atoms with Crippen LogP contribution in [-0.2, 0) is 10.5 Å². The van der Waals surface area contributed by atoms with Crippen molar-refractivity contribution in [3.8, 4) is 0 Å². The predicted octanol–water partition coefficient (Wildman–Crippen LogP) is 1.73. The Labute approximate surface area is 114 Å². The van der Waals surface area contributed by atoms with Crippen LogP contribution < -0.4 is 5.56 Å². The number of H-pyrrole nitrogens is 1. The summed E-state index contributed by atoms with van der Waals surface area (Å²) in [5.41, 5.74) is 0.907. The predicted molar refractivity (Wildman–Crippen MR) is 75.3 cm³/mol. The number of hydrogen-bond donors (Lipinski definition) is 1. The SMILES string of the molecule is O=c1[nH]c(CSC2CCOCC2)nc2cccnc12. The number of aromatic amines is 1. The first-order chi connectivity index (χ1) is 9.33. The molecule has 0 amide bonds. The number of hydrogen-bond acceptors (Lipinski definition) is 5. The number of nitrogens with zero attached hydrogens (tertiary/aromatic N) is 2. The third-order valence-corrected chi connectivity index (χ3v) is 4.52. The van der Waals surface area contributed by atoms with E-state index in [0.717, 1.165) is 37.6 Å². The van der Waals surface area contributed by atoms with E-state index in [4.69, 9.17) is 4.74 Å². The minimum absolute atomic E-state index is 0.159. The van der Waals surface area contributed by atoms with Crippen LogP contribution in [-0.4, -0.2) is 33.4 Å². The summed E-state index contributed by atoms with van der Waals surface area (Å²) in [6, 6.07) is 3.62. The number of rotatable bonds is 3. The van der Waals surface area contributed by atoms with Crippen LogP contribution in [0.15, 0.2) is 23.1 Å². The fraction of sp³-hybridized carbons (Fsp3) is 0.462. The molecule has 6 heteroatoms. The highest BCUT2D eigenvalue weighted by atomic mass is 32.2. The van der Waals surface area contributed by atoms with Gasteiger partial charge in [0.15, 0.2) is 5.52 Å². The summed E-state index contributed by atoms with van der Waals surface area (Å²) in [6.45, 7) is 1.67.